The van der Waals surface area contributed by atoms with Gasteiger partial charge in [-0.15, -0.1) is 0 Å². The van der Waals surface area contributed by atoms with Gasteiger partial charge in [-0.1, -0.05) is 4.73 Å². The standard InChI is InChI=1S/C9H14N2O/c1-7(2)10-9-6-8(3)4-5-11(9)12/h4-7,12H,1-3H3/p+1. The van der Waals surface area contributed by atoms with Gasteiger partial charge in [-0.2, -0.15) is 0 Å². The molecule has 1 heterocycles. The molecule has 12 heavy (non-hydrogen) atoms. The van der Waals surface area contributed by atoms with Gasteiger partial charge in [-0.05, 0) is 32.4 Å². The molecule has 0 aromatic carbocycles. The van der Waals surface area contributed by atoms with Crippen LogP contribution in [0.25, 0.3) is 0 Å². The summed E-state index contributed by atoms with van der Waals surface area (Å²) in [5, 5.41) is 12.5. The molecule has 0 radical (unpaired) electrons. The fourth-order valence-electron chi connectivity index (χ4n) is 1.00. The minimum atomic E-state index is 0.324. The first-order valence-corrected chi connectivity index (χ1v) is 4.07. The van der Waals surface area contributed by atoms with Crippen LogP contribution in [0.5, 0.6) is 0 Å². The van der Waals surface area contributed by atoms with Crippen LogP contribution in [-0.4, -0.2) is 11.2 Å². The number of hydrogen-bond donors (Lipinski definition) is 2. The number of nitrogens with zero attached hydrogens (tertiary/aromatic N) is 1. The average Bonchev–Trinajstić information content (AvgIpc) is 1.96. The third-order valence-electron chi connectivity index (χ3n) is 1.53. The van der Waals surface area contributed by atoms with Gasteiger partial charge < -0.3 is 5.21 Å². The van der Waals surface area contributed by atoms with E-state index >= 15 is 0 Å². The highest BCUT2D eigenvalue weighted by atomic mass is 16.5. The van der Waals surface area contributed by atoms with Crippen LogP contribution in [0.4, 0.5) is 5.82 Å². The first-order valence-electron chi connectivity index (χ1n) is 4.07. The monoisotopic (exact) mass is 167 g/mol. The van der Waals surface area contributed by atoms with Gasteiger partial charge in [0.1, 0.15) is 6.20 Å². The highest BCUT2D eigenvalue weighted by Gasteiger charge is 2.08. The molecule has 0 unspecified atom stereocenters. The Morgan fingerprint density at radius 2 is 2.17 bits per heavy atom. The van der Waals surface area contributed by atoms with Crippen molar-refractivity contribution in [3.8, 4) is 0 Å². The van der Waals surface area contributed by atoms with E-state index in [-0.39, 0.29) is 0 Å². The van der Waals surface area contributed by atoms with Gasteiger partial charge in [0.15, 0.2) is 0 Å². The Bertz CT molecular complexity index is 271. The number of anilines is 1. The lowest BCUT2D eigenvalue weighted by Gasteiger charge is -2.04. The van der Waals surface area contributed by atoms with Gasteiger partial charge in [0.05, 0.1) is 6.04 Å². The largest absolute Gasteiger partial charge is 0.350 e. The van der Waals surface area contributed by atoms with Crippen LogP contribution < -0.4 is 10.0 Å². The summed E-state index contributed by atoms with van der Waals surface area (Å²) in [6.07, 6.45) is 1.63. The van der Waals surface area contributed by atoms with Crippen LogP contribution in [0.3, 0.4) is 0 Å². The molecular formula is C9H15N2O+. The van der Waals surface area contributed by atoms with E-state index < -0.39 is 0 Å². The first-order chi connectivity index (χ1) is 5.59. The zero-order valence-electron chi connectivity index (χ0n) is 7.70. The van der Waals surface area contributed by atoms with Gasteiger partial charge >= 0.3 is 5.82 Å². The van der Waals surface area contributed by atoms with Gasteiger partial charge in [-0.25, -0.2) is 0 Å². The SMILES string of the molecule is Cc1cc[n+](O)c(NC(C)C)c1. The lowest BCUT2D eigenvalue weighted by atomic mass is 10.3. The molecule has 66 valence electrons. The summed E-state index contributed by atoms with van der Waals surface area (Å²) >= 11 is 0. The summed E-state index contributed by atoms with van der Waals surface area (Å²) in [7, 11) is 0. The number of rotatable bonds is 2. The maximum atomic E-state index is 9.34. The van der Waals surface area contributed by atoms with Crippen LogP contribution in [0, 0.1) is 6.92 Å². The zero-order valence-corrected chi connectivity index (χ0v) is 7.70. The van der Waals surface area contributed by atoms with Crippen molar-refractivity contribution in [3.63, 3.8) is 0 Å². The van der Waals surface area contributed by atoms with E-state index in [9.17, 15) is 5.21 Å². The van der Waals surface area contributed by atoms with Crippen molar-refractivity contribution in [1.29, 1.82) is 0 Å². The number of aryl methyl sites for hydroxylation is 1. The Labute approximate surface area is 72.6 Å². The smallest absolute Gasteiger partial charge is 0.314 e. The molecule has 0 amide bonds. The minimum Gasteiger partial charge on any atom is -0.350 e. The summed E-state index contributed by atoms with van der Waals surface area (Å²) < 4.78 is 1.09. The van der Waals surface area contributed by atoms with Crippen molar-refractivity contribution in [2.75, 3.05) is 5.32 Å². The van der Waals surface area contributed by atoms with E-state index in [2.05, 4.69) is 5.32 Å². The molecule has 0 saturated carbocycles. The lowest BCUT2D eigenvalue weighted by molar-refractivity contribution is -0.893. The molecule has 0 spiro atoms. The number of pyridine rings is 1. The summed E-state index contributed by atoms with van der Waals surface area (Å²) in [4.78, 5) is 0. The Morgan fingerprint density at radius 1 is 1.50 bits per heavy atom. The number of hydrogen-bond acceptors (Lipinski definition) is 2. The fourth-order valence-corrected chi connectivity index (χ4v) is 1.00. The lowest BCUT2D eigenvalue weighted by Crippen LogP contribution is -2.35. The zero-order chi connectivity index (χ0) is 9.14. The van der Waals surface area contributed by atoms with Crippen molar-refractivity contribution in [1.82, 2.24) is 0 Å². The quantitative estimate of drug-likeness (QED) is 0.515. The normalized spacial score (nSPS) is 10.3. The number of aromatic nitrogens is 1. The molecule has 3 nitrogen and oxygen atoms in total. The van der Waals surface area contributed by atoms with Gasteiger partial charge in [0.25, 0.3) is 0 Å². The molecule has 0 atom stereocenters. The van der Waals surface area contributed by atoms with E-state index in [1.54, 1.807) is 6.20 Å². The maximum Gasteiger partial charge on any atom is 0.314 e. The molecule has 3 heteroatoms. The van der Waals surface area contributed by atoms with E-state index in [1.165, 1.54) is 0 Å². The fraction of sp³-hybridized carbons (Fsp3) is 0.444. The molecule has 0 saturated heterocycles. The van der Waals surface area contributed by atoms with Crippen LogP contribution in [0.15, 0.2) is 18.3 Å². The van der Waals surface area contributed by atoms with Crippen LogP contribution >= 0.6 is 0 Å². The molecule has 0 aliphatic carbocycles. The molecular weight excluding hydrogens is 152 g/mol. The summed E-state index contributed by atoms with van der Waals surface area (Å²) in [5.74, 6) is 0.727. The van der Waals surface area contributed by atoms with Crippen LogP contribution in [-0.2, 0) is 0 Å². The molecule has 0 bridgehead atoms. The molecule has 0 aliphatic heterocycles. The molecule has 0 aliphatic rings. The Balaban J connectivity index is 2.90. The van der Waals surface area contributed by atoms with Crippen molar-refractivity contribution >= 4 is 5.82 Å². The Morgan fingerprint density at radius 3 is 2.75 bits per heavy atom. The van der Waals surface area contributed by atoms with Crippen molar-refractivity contribution in [2.45, 2.75) is 26.8 Å². The third kappa shape index (κ3) is 2.12. The highest BCUT2D eigenvalue weighted by Crippen LogP contribution is 2.03. The third-order valence-corrected chi connectivity index (χ3v) is 1.53. The van der Waals surface area contributed by atoms with Crippen molar-refractivity contribution < 1.29 is 9.94 Å². The van der Waals surface area contributed by atoms with E-state index in [1.807, 2.05) is 32.9 Å². The maximum absolute atomic E-state index is 9.34. The summed E-state index contributed by atoms with van der Waals surface area (Å²) in [6, 6.07) is 4.08. The summed E-state index contributed by atoms with van der Waals surface area (Å²) in [5.41, 5.74) is 1.13. The van der Waals surface area contributed by atoms with E-state index in [0.29, 0.717) is 6.04 Å². The molecule has 1 aromatic rings. The molecule has 1 aromatic heterocycles. The summed E-state index contributed by atoms with van der Waals surface area (Å²) in [6.45, 7) is 6.05. The second kappa shape index (κ2) is 3.43. The van der Waals surface area contributed by atoms with Crippen LogP contribution in [0.2, 0.25) is 0 Å². The average molecular weight is 167 g/mol. The molecule has 2 N–H and O–H groups in total. The molecule has 0 fully saturated rings. The Kier molecular flexibility index (Phi) is 2.53. The second-order valence-corrected chi connectivity index (χ2v) is 3.23. The van der Waals surface area contributed by atoms with E-state index in [4.69, 9.17) is 0 Å². The second-order valence-electron chi connectivity index (χ2n) is 3.23. The van der Waals surface area contributed by atoms with Crippen molar-refractivity contribution in [3.05, 3.63) is 23.9 Å². The molecule has 1 rings (SSSR count). The van der Waals surface area contributed by atoms with E-state index in [0.717, 1.165) is 16.1 Å². The highest BCUT2D eigenvalue weighted by molar-refractivity contribution is 5.32. The first kappa shape index (κ1) is 8.84. The van der Waals surface area contributed by atoms with Crippen LogP contribution in [0.1, 0.15) is 19.4 Å². The van der Waals surface area contributed by atoms with Gasteiger partial charge in [-0.3, -0.25) is 5.32 Å². The Hall–Kier alpha value is -1.25. The topological polar surface area (TPSA) is 36.1 Å². The van der Waals surface area contributed by atoms with Crippen molar-refractivity contribution in [2.24, 2.45) is 0 Å². The number of nitrogens with one attached hydrogen (secondary N) is 1. The minimum absolute atomic E-state index is 0.324. The van der Waals surface area contributed by atoms with Gasteiger partial charge in [0, 0.05) is 6.07 Å². The predicted octanol–water partition coefficient (Wildman–Crippen LogP) is 1.34. The predicted molar refractivity (Wildman–Crippen MR) is 47.3 cm³/mol. The van der Waals surface area contributed by atoms with Gasteiger partial charge in [0.2, 0.25) is 0 Å².